The van der Waals surface area contributed by atoms with E-state index in [0.717, 1.165) is 19.3 Å². The van der Waals surface area contributed by atoms with Crippen LogP contribution < -0.4 is 5.32 Å². The molecule has 0 aromatic heterocycles. The monoisotopic (exact) mass is 253 g/mol. The summed E-state index contributed by atoms with van der Waals surface area (Å²) in [5.74, 6) is -0.134. The van der Waals surface area contributed by atoms with Gasteiger partial charge in [-0.1, -0.05) is 39.0 Å². The molecule has 102 valence electrons. The maximum atomic E-state index is 11.8. The Morgan fingerprint density at radius 1 is 1.06 bits per heavy atom. The standard InChI is InChI=1S/C12H22F3NO/c1-2-3-4-5-6-7-8-11(17)9-16-10-12(13,14)15/h16H,2-10H2,1H3. The molecule has 0 aromatic rings. The maximum Gasteiger partial charge on any atom is 0.401 e. The number of hydrogen-bond acceptors (Lipinski definition) is 2. The van der Waals surface area contributed by atoms with Crippen LogP contribution in [0.25, 0.3) is 0 Å². The fraction of sp³-hybridized carbons (Fsp3) is 0.917. The third kappa shape index (κ3) is 13.4. The molecule has 0 unspecified atom stereocenters. The van der Waals surface area contributed by atoms with Crippen molar-refractivity contribution in [1.29, 1.82) is 0 Å². The largest absolute Gasteiger partial charge is 0.401 e. The highest BCUT2D eigenvalue weighted by Crippen LogP contribution is 2.12. The molecule has 0 heterocycles. The molecule has 0 radical (unpaired) electrons. The molecule has 0 aliphatic heterocycles. The van der Waals surface area contributed by atoms with E-state index in [4.69, 9.17) is 0 Å². The van der Waals surface area contributed by atoms with Crippen molar-refractivity contribution < 1.29 is 18.0 Å². The van der Waals surface area contributed by atoms with E-state index < -0.39 is 12.7 Å². The lowest BCUT2D eigenvalue weighted by Gasteiger charge is -2.07. The summed E-state index contributed by atoms with van der Waals surface area (Å²) in [6, 6.07) is 0. The average molecular weight is 253 g/mol. The third-order valence-electron chi connectivity index (χ3n) is 2.46. The topological polar surface area (TPSA) is 29.1 Å². The van der Waals surface area contributed by atoms with Crippen LogP contribution in [0.4, 0.5) is 13.2 Å². The number of alkyl halides is 3. The molecule has 0 amide bonds. The molecule has 2 nitrogen and oxygen atoms in total. The van der Waals surface area contributed by atoms with Gasteiger partial charge < -0.3 is 5.32 Å². The van der Waals surface area contributed by atoms with Gasteiger partial charge in [0.1, 0.15) is 5.78 Å². The van der Waals surface area contributed by atoms with Gasteiger partial charge in [0.25, 0.3) is 0 Å². The van der Waals surface area contributed by atoms with Gasteiger partial charge in [0, 0.05) is 6.42 Å². The molecule has 0 aromatic carbocycles. The van der Waals surface area contributed by atoms with E-state index in [2.05, 4.69) is 12.2 Å². The summed E-state index contributed by atoms with van der Waals surface area (Å²) in [7, 11) is 0. The first kappa shape index (κ1) is 16.4. The van der Waals surface area contributed by atoms with Crippen molar-refractivity contribution >= 4 is 5.78 Å². The molecule has 0 atom stereocenters. The van der Waals surface area contributed by atoms with E-state index in [-0.39, 0.29) is 12.3 Å². The van der Waals surface area contributed by atoms with E-state index in [1.165, 1.54) is 19.3 Å². The Morgan fingerprint density at radius 2 is 1.65 bits per heavy atom. The zero-order chi connectivity index (χ0) is 13.1. The fourth-order valence-corrected chi connectivity index (χ4v) is 1.53. The van der Waals surface area contributed by atoms with Gasteiger partial charge in [-0.25, -0.2) is 0 Å². The van der Waals surface area contributed by atoms with Gasteiger partial charge >= 0.3 is 6.18 Å². The van der Waals surface area contributed by atoms with Crippen LogP contribution in [-0.2, 0) is 4.79 Å². The number of ketones is 1. The quantitative estimate of drug-likeness (QED) is 0.604. The predicted octanol–water partition coefficient (Wildman–Crippen LogP) is 3.46. The number of unbranched alkanes of at least 4 members (excludes halogenated alkanes) is 5. The lowest BCUT2D eigenvalue weighted by Crippen LogP contribution is -2.32. The maximum absolute atomic E-state index is 11.8. The van der Waals surface area contributed by atoms with Crippen LogP contribution in [0.5, 0.6) is 0 Å². The average Bonchev–Trinajstić information content (AvgIpc) is 2.21. The van der Waals surface area contributed by atoms with E-state index in [9.17, 15) is 18.0 Å². The first-order valence-corrected chi connectivity index (χ1v) is 6.25. The molecular weight excluding hydrogens is 231 g/mol. The molecule has 0 aliphatic rings. The molecule has 0 aliphatic carbocycles. The van der Waals surface area contributed by atoms with Crippen molar-refractivity contribution in [2.45, 2.75) is 58.0 Å². The number of halogens is 3. The number of hydrogen-bond donors (Lipinski definition) is 1. The second-order valence-electron chi connectivity index (χ2n) is 4.28. The second kappa shape index (κ2) is 9.45. The van der Waals surface area contributed by atoms with Crippen LogP contribution in [0.3, 0.4) is 0 Å². The van der Waals surface area contributed by atoms with Crippen LogP contribution in [0.2, 0.25) is 0 Å². The summed E-state index contributed by atoms with van der Waals surface area (Å²) in [5.41, 5.74) is 0. The Bertz CT molecular complexity index is 204. The Hall–Kier alpha value is -0.580. The number of rotatable bonds is 10. The van der Waals surface area contributed by atoms with Crippen molar-refractivity contribution in [1.82, 2.24) is 5.32 Å². The van der Waals surface area contributed by atoms with Crippen molar-refractivity contribution in [2.75, 3.05) is 13.1 Å². The minimum absolute atomic E-state index is 0.134. The van der Waals surface area contributed by atoms with Gasteiger partial charge in [0.05, 0.1) is 13.1 Å². The highest BCUT2D eigenvalue weighted by Gasteiger charge is 2.26. The third-order valence-corrected chi connectivity index (χ3v) is 2.46. The summed E-state index contributed by atoms with van der Waals surface area (Å²) in [4.78, 5) is 11.2. The van der Waals surface area contributed by atoms with E-state index in [1.54, 1.807) is 0 Å². The minimum Gasteiger partial charge on any atom is -0.302 e. The van der Waals surface area contributed by atoms with Gasteiger partial charge in [0.15, 0.2) is 0 Å². The number of carbonyl (C=O) groups is 1. The van der Waals surface area contributed by atoms with Crippen molar-refractivity contribution in [3.8, 4) is 0 Å². The van der Waals surface area contributed by atoms with Crippen LogP contribution in [0, 0.1) is 0 Å². The van der Waals surface area contributed by atoms with Crippen LogP contribution in [0.15, 0.2) is 0 Å². The Labute approximate surface area is 101 Å². The first-order valence-electron chi connectivity index (χ1n) is 6.25. The summed E-state index contributed by atoms with van der Waals surface area (Å²) in [6.45, 7) is 0.875. The van der Waals surface area contributed by atoms with Gasteiger partial charge in [-0.05, 0) is 6.42 Å². The van der Waals surface area contributed by atoms with Crippen LogP contribution in [0.1, 0.15) is 51.9 Å². The zero-order valence-electron chi connectivity index (χ0n) is 10.4. The Morgan fingerprint density at radius 3 is 2.24 bits per heavy atom. The summed E-state index contributed by atoms with van der Waals surface area (Å²) in [6.07, 6.45) is 2.61. The summed E-state index contributed by atoms with van der Waals surface area (Å²) >= 11 is 0. The normalized spacial score (nSPS) is 11.8. The lowest BCUT2D eigenvalue weighted by molar-refractivity contribution is -0.127. The van der Waals surface area contributed by atoms with Gasteiger partial charge in [-0.2, -0.15) is 13.2 Å². The highest BCUT2D eigenvalue weighted by molar-refractivity contribution is 5.80. The predicted molar refractivity (Wildman–Crippen MR) is 61.9 cm³/mol. The second-order valence-corrected chi connectivity index (χ2v) is 4.28. The van der Waals surface area contributed by atoms with Gasteiger partial charge in [-0.3, -0.25) is 4.79 Å². The fourth-order valence-electron chi connectivity index (χ4n) is 1.53. The van der Waals surface area contributed by atoms with Crippen LogP contribution in [-0.4, -0.2) is 25.0 Å². The van der Waals surface area contributed by atoms with Gasteiger partial charge in [-0.15, -0.1) is 0 Å². The van der Waals surface area contributed by atoms with E-state index in [1.807, 2.05) is 0 Å². The highest BCUT2D eigenvalue weighted by atomic mass is 19.4. The smallest absolute Gasteiger partial charge is 0.302 e. The van der Waals surface area contributed by atoms with Crippen molar-refractivity contribution in [3.63, 3.8) is 0 Å². The van der Waals surface area contributed by atoms with Crippen molar-refractivity contribution in [3.05, 3.63) is 0 Å². The van der Waals surface area contributed by atoms with Gasteiger partial charge in [0.2, 0.25) is 0 Å². The first-order chi connectivity index (χ1) is 7.95. The van der Waals surface area contributed by atoms with Crippen LogP contribution >= 0.6 is 0 Å². The van der Waals surface area contributed by atoms with E-state index in [0.29, 0.717) is 6.42 Å². The molecule has 1 N–H and O–H groups in total. The molecule has 17 heavy (non-hydrogen) atoms. The molecule has 5 heteroatoms. The lowest BCUT2D eigenvalue weighted by atomic mass is 10.1. The van der Waals surface area contributed by atoms with E-state index >= 15 is 0 Å². The molecule has 0 bridgehead atoms. The summed E-state index contributed by atoms with van der Waals surface area (Å²) in [5, 5.41) is 2.11. The molecule has 0 saturated heterocycles. The van der Waals surface area contributed by atoms with Crippen molar-refractivity contribution in [2.24, 2.45) is 0 Å². The molecule has 0 fully saturated rings. The number of Topliss-reactive ketones (excluding diaryl/α,β-unsaturated/α-hetero) is 1. The molecular formula is C12H22F3NO. The minimum atomic E-state index is -4.24. The number of carbonyl (C=O) groups excluding carboxylic acids is 1. The SMILES string of the molecule is CCCCCCCCC(=O)CNCC(F)(F)F. The molecule has 0 spiro atoms. The zero-order valence-corrected chi connectivity index (χ0v) is 10.4. The molecule has 0 saturated carbocycles. The summed E-state index contributed by atoms with van der Waals surface area (Å²) < 4.78 is 35.3. The Kier molecular flexibility index (Phi) is 9.13. The number of nitrogens with one attached hydrogen (secondary N) is 1. The molecule has 0 rings (SSSR count). The Balaban J connectivity index is 3.29.